The minimum atomic E-state index is -3.93. The highest BCUT2D eigenvalue weighted by Crippen LogP contribution is 2.30. The van der Waals surface area contributed by atoms with E-state index in [1.165, 1.54) is 50.1 Å². The molecule has 2 aliphatic rings. The van der Waals surface area contributed by atoms with Gasteiger partial charge in [-0.15, -0.1) is 0 Å². The third-order valence-electron chi connectivity index (χ3n) is 6.63. The summed E-state index contributed by atoms with van der Waals surface area (Å²) in [6.45, 7) is 6.31. The number of carboxylic acids is 1. The van der Waals surface area contributed by atoms with Gasteiger partial charge in [-0.1, -0.05) is 12.1 Å². The first-order valence-electron chi connectivity index (χ1n) is 11.7. The third-order valence-corrected chi connectivity index (χ3v) is 8.02. The van der Waals surface area contributed by atoms with E-state index in [2.05, 4.69) is 14.5 Å². The third kappa shape index (κ3) is 5.59. The number of sulfonamides is 1. The molecular weight excluding hydrogens is 454 g/mol. The first-order chi connectivity index (χ1) is 16.2. The first kappa shape index (κ1) is 24.2. The number of nitrogens with zero attached hydrogens (tertiary/aromatic N) is 2. The SMILES string of the molecule is CC(=O)c1ccc(S(=O)(=O)Nc2ccc(N3CCC[C@H](CN4CCCC4)C3)c(C(=O)O)c2)cc1. The molecule has 4 rings (SSSR count). The lowest BCUT2D eigenvalue weighted by atomic mass is 9.96. The summed E-state index contributed by atoms with van der Waals surface area (Å²) in [5, 5.41) is 9.87. The lowest BCUT2D eigenvalue weighted by Crippen LogP contribution is -2.41. The summed E-state index contributed by atoms with van der Waals surface area (Å²) in [4.78, 5) is 28.1. The Kier molecular flexibility index (Phi) is 7.23. The van der Waals surface area contributed by atoms with Crippen molar-refractivity contribution in [1.82, 2.24) is 4.90 Å². The van der Waals surface area contributed by atoms with Gasteiger partial charge in [0.15, 0.2) is 5.78 Å². The Bertz CT molecular complexity index is 1160. The number of hydrogen-bond acceptors (Lipinski definition) is 6. The number of piperidine rings is 1. The highest BCUT2D eigenvalue weighted by molar-refractivity contribution is 7.92. The Balaban J connectivity index is 1.52. The van der Waals surface area contributed by atoms with Crippen LogP contribution in [0.5, 0.6) is 0 Å². The largest absolute Gasteiger partial charge is 0.478 e. The Labute approximate surface area is 200 Å². The molecule has 2 heterocycles. The summed E-state index contributed by atoms with van der Waals surface area (Å²) >= 11 is 0. The van der Waals surface area contributed by atoms with Crippen molar-refractivity contribution in [1.29, 1.82) is 0 Å². The van der Waals surface area contributed by atoms with Gasteiger partial charge >= 0.3 is 5.97 Å². The maximum absolute atomic E-state index is 12.8. The number of carbonyl (C=O) groups is 2. The number of Topliss-reactive ketones (excluding diaryl/α,β-unsaturated/α-hetero) is 1. The second-order valence-corrected chi connectivity index (χ2v) is 10.9. The van der Waals surface area contributed by atoms with E-state index in [-0.39, 0.29) is 21.9 Å². The summed E-state index contributed by atoms with van der Waals surface area (Å²) < 4.78 is 28.1. The molecule has 0 spiro atoms. The Morgan fingerprint density at radius 3 is 2.38 bits per heavy atom. The minimum Gasteiger partial charge on any atom is -0.478 e. The van der Waals surface area contributed by atoms with Crippen molar-refractivity contribution < 1.29 is 23.1 Å². The monoisotopic (exact) mass is 485 g/mol. The number of benzene rings is 2. The normalized spacial score (nSPS) is 19.2. The van der Waals surface area contributed by atoms with Gasteiger partial charge in [0.05, 0.1) is 16.1 Å². The highest BCUT2D eigenvalue weighted by atomic mass is 32.2. The predicted octanol–water partition coefficient (Wildman–Crippen LogP) is 3.70. The van der Waals surface area contributed by atoms with E-state index in [1.54, 1.807) is 12.1 Å². The highest BCUT2D eigenvalue weighted by Gasteiger charge is 2.26. The molecule has 1 atom stereocenters. The maximum atomic E-state index is 12.8. The van der Waals surface area contributed by atoms with Gasteiger partial charge < -0.3 is 14.9 Å². The van der Waals surface area contributed by atoms with E-state index >= 15 is 0 Å². The Morgan fingerprint density at radius 2 is 1.74 bits per heavy atom. The average Bonchev–Trinajstić information content (AvgIpc) is 3.32. The van der Waals surface area contributed by atoms with Gasteiger partial charge in [0, 0.05) is 30.9 Å². The molecule has 9 heteroatoms. The van der Waals surface area contributed by atoms with Crippen molar-refractivity contribution in [2.45, 2.75) is 37.5 Å². The van der Waals surface area contributed by atoms with Gasteiger partial charge in [0.2, 0.25) is 0 Å². The van der Waals surface area contributed by atoms with Gasteiger partial charge in [-0.2, -0.15) is 0 Å². The van der Waals surface area contributed by atoms with Crippen molar-refractivity contribution in [3.05, 3.63) is 53.6 Å². The van der Waals surface area contributed by atoms with Crippen molar-refractivity contribution in [2.24, 2.45) is 5.92 Å². The maximum Gasteiger partial charge on any atom is 0.337 e. The molecule has 2 saturated heterocycles. The van der Waals surface area contributed by atoms with Gasteiger partial charge in [-0.25, -0.2) is 13.2 Å². The fourth-order valence-corrected chi connectivity index (χ4v) is 5.94. The van der Waals surface area contributed by atoms with Crippen LogP contribution in [0.2, 0.25) is 0 Å². The van der Waals surface area contributed by atoms with E-state index in [0.29, 0.717) is 17.2 Å². The molecule has 0 aromatic heterocycles. The fourth-order valence-electron chi connectivity index (χ4n) is 4.89. The first-order valence-corrected chi connectivity index (χ1v) is 13.2. The second kappa shape index (κ2) is 10.1. The Hall–Kier alpha value is -2.91. The number of carboxylic acid groups (broad SMARTS) is 1. The zero-order chi connectivity index (χ0) is 24.3. The molecular formula is C25H31N3O5S. The van der Waals surface area contributed by atoms with Crippen molar-refractivity contribution in [2.75, 3.05) is 42.3 Å². The van der Waals surface area contributed by atoms with E-state index in [4.69, 9.17) is 0 Å². The smallest absolute Gasteiger partial charge is 0.337 e. The number of aromatic carboxylic acids is 1. The van der Waals surface area contributed by atoms with E-state index in [1.807, 2.05) is 0 Å². The van der Waals surface area contributed by atoms with E-state index < -0.39 is 16.0 Å². The van der Waals surface area contributed by atoms with Crippen LogP contribution in [0.4, 0.5) is 11.4 Å². The molecule has 0 amide bonds. The lowest BCUT2D eigenvalue weighted by molar-refractivity contribution is 0.0697. The standard InChI is InChI=1S/C25H31N3O5S/c1-18(29)20-6-9-22(10-7-20)34(32,33)26-21-8-11-24(23(15-21)25(30)31)28-14-4-5-19(17-28)16-27-12-2-3-13-27/h6-11,15,19,26H,2-5,12-14,16-17H2,1H3,(H,30,31)/t19-/m1/s1. The number of ketones is 1. The number of hydrogen-bond donors (Lipinski definition) is 2. The number of nitrogens with one attached hydrogen (secondary N) is 1. The molecule has 0 aliphatic carbocycles. The molecule has 8 nitrogen and oxygen atoms in total. The fraction of sp³-hybridized carbons (Fsp3) is 0.440. The van der Waals surface area contributed by atoms with Crippen LogP contribution >= 0.6 is 0 Å². The number of rotatable bonds is 8. The van der Waals surface area contributed by atoms with Crippen LogP contribution in [-0.2, 0) is 10.0 Å². The molecule has 182 valence electrons. The van der Waals surface area contributed by atoms with Gasteiger partial charge in [0.25, 0.3) is 10.0 Å². The van der Waals surface area contributed by atoms with Crippen molar-refractivity contribution in [3.63, 3.8) is 0 Å². The predicted molar refractivity (Wildman–Crippen MR) is 131 cm³/mol. The van der Waals surface area contributed by atoms with Crippen LogP contribution in [0.25, 0.3) is 0 Å². The molecule has 0 radical (unpaired) electrons. The summed E-state index contributed by atoms with van der Waals surface area (Å²) in [7, 11) is -3.93. The van der Waals surface area contributed by atoms with Crippen LogP contribution in [0, 0.1) is 5.92 Å². The zero-order valence-corrected chi connectivity index (χ0v) is 20.2. The molecule has 0 saturated carbocycles. The van der Waals surface area contributed by atoms with Gasteiger partial charge in [-0.3, -0.25) is 9.52 Å². The molecule has 2 aromatic rings. The van der Waals surface area contributed by atoms with Crippen LogP contribution in [-0.4, -0.2) is 62.9 Å². The Morgan fingerprint density at radius 1 is 1.03 bits per heavy atom. The van der Waals surface area contributed by atoms with Crippen molar-refractivity contribution in [3.8, 4) is 0 Å². The lowest BCUT2D eigenvalue weighted by Gasteiger charge is -2.36. The molecule has 2 aliphatic heterocycles. The molecule has 0 unspecified atom stereocenters. The van der Waals surface area contributed by atoms with Gasteiger partial charge in [0.1, 0.15) is 0 Å². The number of likely N-dealkylation sites (tertiary alicyclic amines) is 1. The van der Waals surface area contributed by atoms with Crippen LogP contribution in [0.1, 0.15) is 53.3 Å². The van der Waals surface area contributed by atoms with Crippen LogP contribution in [0.15, 0.2) is 47.4 Å². The van der Waals surface area contributed by atoms with Crippen molar-refractivity contribution >= 4 is 33.2 Å². The minimum absolute atomic E-state index is 0.000707. The average molecular weight is 486 g/mol. The van der Waals surface area contributed by atoms with E-state index in [0.717, 1.165) is 45.6 Å². The molecule has 2 fully saturated rings. The van der Waals surface area contributed by atoms with Crippen LogP contribution in [0.3, 0.4) is 0 Å². The van der Waals surface area contributed by atoms with Crippen LogP contribution < -0.4 is 9.62 Å². The quantitative estimate of drug-likeness (QED) is 0.549. The van der Waals surface area contributed by atoms with Gasteiger partial charge in [-0.05, 0) is 81.9 Å². The molecule has 2 N–H and O–H groups in total. The molecule has 2 aromatic carbocycles. The molecule has 34 heavy (non-hydrogen) atoms. The summed E-state index contributed by atoms with van der Waals surface area (Å²) in [5.74, 6) is -0.757. The zero-order valence-electron chi connectivity index (χ0n) is 19.4. The number of carbonyl (C=O) groups excluding carboxylic acids is 1. The van der Waals surface area contributed by atoms with E-state index in [9.17, 15) is 23.1 Å². The molecule has 0 bridgehead atoms. The summed E-state index contributed by atoms with van der Waals surface area (Å²) in [5.41, 5.74) is 1.30. The number of anilines is 2. The second-order valence-electron chi connectivity index (χ2n) is 9.19. The summed E-state index contributed by atoms with van der Waals surface area (Å²) in [6.07, 6.45) is 4.63. The topological polar surface area (TPSA) is 107 Å². The summed E-state index contributed by atoms with van der Waals surface area (Å²) in [6, 6.07) is 10.3.